The first-order valence-corrected chi connectivity index (χ1v) is 7.51. The molecule has 0 aliphatic rings. The van der Waals surface area contributed by atoms with E-state index in [0.717, 1.165) is 30.3 Å². The summed E-state index contributed by atoms with van der Waals surface area (Å²) in [5.41, 5.74) is 0.0877. The Balaban J connectivity index is 2.35. The maximum atomic E-state index is 13.3. The van der Waals surface area contributed by atoms with Gasteiger partial charge in [0.2, 0.25) is 0 Å². The van der Waals surface area contributed by atoms with Crippen molar-refractivity contribution >= 4 is 27.3 Å². The van der Waals surface area contributed by atoms with Gasteiger partial charge in [0.15, 0.2) is 11.6 Å². The summed E-state index contributed by atoms with van der Waals surface area (Å²) in [7, 11) is -2.75. The van der Waals surface area contributed by atoms with Gasteiger partial charge in [-0.1, -0.05) is 11.6 Å². The van der Waals surface area contributed by atoms with Crippen LogP contribution in [0.5, 0.6) is 5.75 Å². The Bertz CT molecular complexity index is 781. The van der Waals surface area contributed by atoms with Gasteiger partial charge < -0.3 is 4.74 Å². The van der Waals surface area contributed by atoms with Crippen LogP contribution in [-0.4, -0.2) is 15.5 Å². The summed E-state index contributed by atoms with van der Waals surface area (Å²) in [5, 5.41) is -0.216. The Kier molecular flexibility index (Phi) is 4.34. The predicted molar refractivity (Wildman–Crippen MR) is 75.2 cm³/mol. The van der Waals surface area contributed by atoms with Crippen LogP contribution >= 0.6 is 11.6 Å². The maximum Gasteiger partial charge on any atom is 0.262 e. The largest absolute Gasteiger partial charge is 0.494 e. The number of ether oxygens (including phenoxy) is 1. The average molecular weight is 334 g/mol. The Morgan fingerprint density at radius 1 is 1.10 bits per heavy atom. The van der Waals surface area contributed by atoms with Crippen molar-refractivity contribution in [1.29, 1.82) is 0 Å². The van der Waals surface area contributed by atoms with Gasteiger partial charge in [-0.2, -0.15) is 0 Å². The molecule has 1 N–H and O–H groups in total. The zero-order chi connectivity index (χ0) is 15.6. The minimum absolute atomic E-state index is 0.0877. The second kappa shape index (κ2) is 5.87. The first-order chi connectivity index (χ1) is 9.83. The number of nitrogens with one attached hydrogen (secondary N) is 1. The van der Waals surface area contributed by atoms with Gasteiger partial charge in [0.1, 0.15) is 5.82 Å². The number of halogens is 3. The van der Waals surface area contributed by atoms with Gasteiger partial charge in [-0.25, -0.2) is 17.2 Å². The van der Waals surface area contributed by atoms with Gasteiger partial charge in [0.25, 0.3) is 10.0 Å². The first-order valence-electron chi connectivity index (χ1n) is 5.65. The lowest BCUT2D eigenvalue weighted by Crippen LogP contribution is -2.13. The average Bonchev–Trinajstić information content (AvgIpc) is 2.43. The molecular weight excluding hydrogens is 324 g/mol. The summed E-state index contributed by atoms with van der Waals surface area (Å²) in [6, 6.07) is 6.50. The lowest BCUT2D eigenvalue weighted by atomic mass is 10.3. The van der Waals surface area contributed by atoms with E-state index in [1.165, 1.54) is 13.2 Å². The Morgan fingerprint density at radius 3 is 2.38 bits per heavy atom. The lowest BCUT2D eigenvalue weighted by molar-refractivity contribution is 0.385. The minimum atomic E-state index is -3.97. The van der Waals surface area contributed by atoms with E-state index in [0.29, 0.717) is 0 Å². The molecule has 0 radical (unpaired) electrons. The van der Waals surface area contributed by atoms with Crippen LogP contribution in [0.1, 0.15) is 0 Å². The highest BCUT2D eigenvalue weighted by Crippen LogP contribution is 2.25. The van der Waals surface area contributed by atoms with Crippen molar-refractivity contribution in [3.05, 3.63) is 53.1 Å². The van der Waals surface area contributed by atoms with Crippen molar-refractivity contribution in [2.45, 2.75) is 4.90 Å². The highest BCUT2D eigenvalue weighted by atomic mass is 35.5. The zero-order valence-corrected chi connectivity index (χ0v) is 12.3. The second-order valence-corrected chi connectivity index (χ2v) is 6.12. The van der Waals surface area contributed by atoms with Crippen LogP contribution < -0.4 is 9.46 Å². The van der Waals surface area contributed by atoms with Crippen molar-refractivity contribution in [3.8, 4) is 5.75 Å². The van der Waals surface area contributed by atoms with Gasteiger partial charge in [-0.3, -0.25) is 4.72 Å². The minimum Gasteiger partial charge on any atom is -0.494 e. The van der Waals surface area contributed by atoms with Gasteiger partial charge >= 0.3 is 0 Å². The van der Waals surface area contributed by atoms with E-state index in [1.54, 1.807) is 0 Å². The van der Waals surface area contributed by atoms with Crippen molar-refractivity contribution in [1.82, 2.24) is 0 Å². The number of rotatable bonds is 4. The molecule has 0 spiro atoms. The highest BCUT2D eigenvalue weighted by Gasteiger charge is 2.17. The maximum absolute atomic E-state index is 13.3. The normalized spacial score (nSPS) is 11.2. The summed E-state index contributed by atoms with van der Waals surface area (Å²) >= 11 is 5.58. The van der Waals surface area contributed by atoms with Crippen molar-refractivity contribution < 1.29 is 21.9 Å². The molecule has 2 aromatic carbocycles. The molecular formula is C13H10ClF2NO3S. The lowest BCUT2D eigenvalue weighted by Gasteiger charge is -2.10. The zero-order valence-electron chi connectivity index (χ0n) is 10.7. The van der Waals surface area contributed by atoms with Crippen LogP contribution in [0.25, 0.3) is 0 Å². The summed E-state index contributed by atoms with van der Waals surface area (Å²) in [6.07, 6.45) is 0. The number of hydrogen-bond donors (Lipinski definition) is 1. The Labute approximate surface area is 125 Å². The molecule has 0 aromatic heterocycles. The molecule has 21 heavy (non-hydrogen) atoms. The molecule has 0 saturated heterocycles. The fraction of sp³-hybridized carbons (Fsp3) is 0.0769. The molecule has 2 rings (SSSR count). The number of anilines is 1. The quantitative estimate of drug-likeness (QED) is 0.932. The summed E-state index contributed by atoms with van der Waals surface area (Å²) in [4.78, 5) is -0.193. The third-order valence-electron chi connectivity index (χ3n) is 2.60. The van der Waals surface area contributed by atoms with E-state index >= 15 is 0 Å². The van der Waals surface area contributed by atoms with E-state index < -0.39 is 21.7 Å². The molecule has 0 aliphatic carbocycles. The number of sulfonamides is 1. The molecule has 0 amide bonds. The molecule has 0 fully saturated rings. The number of hydrogen-bond acceptors (Lipinski definition) is 3. The van der Waals surface area contributed by atoms with Crippen LogP contribution in [0, 0.1) is 11.6 Å². The summed E-state index contributed by atoms with van der Waals surface area (Å²) in [5.74, 6) is -1.54. The van der Waals surface area contributed by atoms with Crippen LogP contribution in [0.15, 0.2) is 41.3 Å². The molecule has 0 aliphatic heterocycles. The van der Waals surface area contributed by atoms with Gasteiger partial charge in [-0.15, -0.1) is 0 Å². The number of benzene rings is 2. The monoisotopic (exact) mass is 333 g/mol. The van der Waals surface area contributed by atoms with E-state index in [-0.39, 0.29) is 21.4 Å². The first kappa shape index (κ1) is 15.5. The smallest absolute Gasteiger partial charge is 0.262 e. The third kappa shape index (κ3) is 3.43. The highest BCUT2D eigenvalue weighted by molar-refractivity contribution is 7.92. The van der Waals surface area contributed by atoms with E-state index in [2.05, 4.69) is 4.72 Å². The van der Waals surface area contributed by atoms with Crippen molar-refractivity contribution in [2.75, 3.05) is 11.8 Å². The Hall–Kier alpha value is -1.86. The van der Waals surface area contributed by atoms with Crippen LogP contribution in [0.2, 0.25) is 5.02 Å². The molecule has 0 saturated carbocycles. The van der Waals surface area contributed by atoms with Gasteiger partial charge in [0, 0.05) is 6.07 Å². The number of methoxy groups -OCH3 is 1. The molecule has 8 heteroatoms. The molecule has 4 nitrogen and oxygen atoms in total. The predicted octanol–water partition coefficient (Wildman–Crippen LogP) is 3.43. The summed E-state index contributed by atoms with van der Waals surface area (Å²) < 4.78 is 57.6. The molecule has 0 bridgehead atoms. The Morgan fingerprint density at radius 2 is 1.76 bits per heavy atom. The van der Waals surface area contributed by atoms with Crippen molar-refractivity contribution in [2.24, 2.45) is 0 Å². The fourth-order valence-electron chi connectivity index (χ4n) is 1.58. The van der Waals surface area contributed by atoms with E-state index in [9.17, 15) is 17.2 Å². The molecule has 2 aromatic rings. The van der Waals surface area contributed by atoms with Crippen LogP contribution in [0.3, 0.4) is 0 Å². The molecule has 0 heterocycles. The van der Waals surface area contributed by atoms with Gasteiger partial charge in [0.05, 0.1) is 22.7 Å². The van der Waals surface area contributed by atoms with Gasteiger partial charge in [-0.05, 0) is 30.3 Å². The second-order valence-electron chi connectivity index (χ2n) is 4.03. The van der Waals surface area contributed by atoms with Crippen LogP contribution in [-0.2, 0) is 10.0 Å². The fourth-order valence-corrected chi connectivity index (χ4v) is 2.83. The topological polar surface area (TPSA) is 55.4 Å². The molecule has 112 valence electrons. The summed E-state index contributed by atoms with van der Waals surface area (Å²) in [6.45, 7) is 0. The van der Waals surface area contributed by atoms with Crippen molar-refractivity contribution in [3.63, 3.8) is 0 Å². The van der Waals surface area contributed by atoms with Crippen LogP contribution in [0.4, 0.5) is 14.5 Å². The van der Waals surface area contributed by atoms with E-state index in [1.807, 2.05) is 0 Å². The third-order valence-corrected chi connectivity index (χ3v) is 4.27. The molecule has 0 atom stereocenters. The van der Waals surface area contributed by atoms with E-state index in [4.69, 9.17) is 16.3 Å². The standard InChI is InChI=1S/C13H10ClF2NO3S/c1-20-13-7-9(3-5-12(13)16)21(18,19)17-8-2-4-11(15)10(14)6-8/h2-7,17H,1H3. The molecule has 0 unspecified atom stereocenters. The SMILES string of the molecule is COc1cc(S(=O)(=O)Nc2ccc(F)c(Cl)c2)ccc1F.